The van der Waals surface area contributed by atoms with Crippen LogP contribution in [0.15, 0.2) is 0 Å². The third-order valence-electron chi connectivity index (χ3n) is 1.36. The topological polar surface area (TPSA) is 26.3 Å². The SMILES string of the molecule is CCC[C@H](CBr)C(=O)OC. The molecule has 10 heavy (non-hydrogen) atoms. The van der Waals surface area contributed by atoms with Gasteiger partial charge in [0, 0.05) is 5.33 Å². The molecule has 0 radical (unpaired) electrons. The minimum atomic E-state index is -0.112. The summed E-state index contributed by atoms with van der Waals surface area (Å²) >= 11 is 3.26. The third-order valence-corrected chi connectivity index (χ3v) is 2.14. The summed E-state index contributed by atoms with van der Waals surface area (Å²) in [6, 6.07) is 0. The van der Waals surface area contributed by atoms with E-state index in [1.54, 1.807) is 0 Å². The van der Waals surface area contributed by atoms with Gasteiger partial charge in [0.2, 0.25) is 0 Å². The predicted octanol–water partition coefficient (Wildman–Crippen LogP) is 1.97. The van der Waals surface area contributed by atoms with Gasteiger partial charge in [0.15, 0.2) is 0 Å². The van der Waals surface area contributed by atoms with Gasteiger partial charge >= 0.3 is 5.97 Å². The highest BCUT2D eigenvalue weighted by molar-refractivity contribution is 9.09. The van der Waals surface area contributed by atoms with Crippen LogP contribution < -0.4 is 0 Å². The van der Waals surface area contributed by atoms with E-state index in [9.17, 15) is 4.79 Å². The molecule has 0 fully saturated rings. The second-order valence-corrected chi connectivity index (χ2v) is 2.81. The largest absolute Gasteiger partial charge is 0.469 e. The first-order chi connectivity index (χ1) is 4.76. The van der Waals surface area contributed by atoms with Crippen molar-refractivity contribution >= 4 is 21.9 Å². The minimum Gasteiger partial charge on any atom is -0.469 e. The molecule has 0 aliphatic carbocycles. The Morgan fingerprint density at radius 3 is 2.60 bits per heavy atom. The second-order valence-electron chi connectivity index (χ2n) is 2.16. The molecule has 0 spiro atoms. The molecular weight excluding hydrogens is 196 g/mol. The van der Waals surface area contributed by atoms with Crippen LogP contribution in [0.3, 0.4) is 0 Å². The van der Waals surface area contributed by atoms with Gasteiger partial charge in [-0.15, -0.1) is 0 Å². The van der Waals surface area contributed by atoms with Crippen LogP contribution in [0.2, 0.25) is 0 Å². The molecule has 1 atom stereocenters. The molecular formula is C7H13BrO2. The number of carbonyl (C=O) groups excluding carboxylic acids is 1. The summed E-state index contributed by atoms with van der Waals surface area (Å²) in [5.74, 6) is -0.0753. The van der Waals surface area contributed by atoms with E-state index in [1.165, 1.54) is 7.11 Å². The molecule has 0 saturated heterocycles. The lowest BCUT2D eigenvalue weighted by Gasteiger charge is -2.08. The highest BCUT2D eigenvalue weighted by Crippen LogP contribution is 2.10. The Labute approximate surface area is 70.1 Å². The fourth-order valence-corrected chi connectivity index (χ4v) is 1.36. The van der Waals surface area contributed by atoms with Crippen molar-refractivity contribution in [3.8, 4) is 0 Å². The number of hydrogen-bond donors (Lipinski definition) is 0. The quantitative estimate of drug-likeness (QED) is 0.522. The Hall–Kier alpha value is -0.0500. The first kappa shape index (κ1) is 9.95. The first-order valence-electron chi connectivity index (χ1n) is 3.40. The molecule has 0 aromatic heterocycles. The molecule has 0 aliphatic heterocycles. The highest BCUT2D eigenvalue weighted by atomic mass is 79.9. The van der Waals surface area contributed by atoms with Gasteiger partial charge in [-0.25, -0.2) is 0 Å². The lowest BCUT2D eigenvalue weighted by Crippen LogP contribution is -2.16. The molecule has 0 unspecified atom stereocenters. The van der Waals surface area contributed by atoms with Crippen LogP contribution in [-0.4, -0.2) is 18.4 Å². The standard InChI is InChI=1S/C7H13BrO2/c1-3-4-6(5-8)7(9)10-2/h6H,3-5H2,1-2H3/t6-/m1/s1. The Morgan fingerprint density at radius 2 is 2.30 bits per heavy atom. The molecule has 0 aromatic rings. The van der Waals surface area contributed by atoms with Gasteiger partial charge < -0.3 is 4.74 Å². The van der Waals surface area contributed by atoms with Gasteiger partial charge in [-0.3, -0.25) is 4.79 Å². The molecule has 0 bridgehead atoms. The average Bonchev–Trinajstić information content (AvgIpc) is 1.99. The van der Waals surface area contributed by atoms with Crippen molar-refractivity contribution in [3.63, 3.8) is 0 Å². The second kappa shape index (κ2) is 5.71. The predicted molar refractivity (Wildman–Crippen MR) is 44.2 cm³/mol. The number of carbonyl (C=O) groups is 1. The maximum absolute atomic E-state index is 10.9. The lowest BCUT2D eigenvalue weighted by molar-refractivity contribution is -0.144. The third kappa shape index (κ3) is 3.20. The van der Waals surface area contributed by atoms with E-state index >= 15 is 0 Å². The number of hydrogen-bond acceptors (Lipinski definition) is 2. The molecule has 0 aliphatic rings. The average molecular weight is 209 g/mol. The Morgan fingerprint density at radius 1 is 1.70 bits per heavy atom. The summed E-state index contributed by atoms with van der Waals surface area (Å²) in [5.41, 5.74) is 0. The Bertz CT molecular complexity index is 104. The van der Waals surface area contributed by atoms with Gasteiger partial charge in [0.1, 0.15) is 0 Å². The van der Waals surface area contributed by atoms with Gasteiger partial charge in [-0.2, -0.15) is 0 Å². The van der Waals surface area contributed by atoms with Gasteiger partial charge in [-0.1, -0.05) is 29.3 Å². The van der Waals surface area contributed by atoms with Crippen LogP contribution in [-0.2, 0) is 9.53 Å². The first-order valence-corrected chi connectivity index (χ1v) is 4.52. The zero-order valence-corrected chi connectivity index (χ0v) is 7.98. The zero-order chi connectivity index (χ0) is 7.98. The normalized spacial score (nSPS) is 12.7. The summed E-state index contributed by atoms with van der Waals surface area (Å²) in [6.45, 7) is 2.05. The number of esters is 1. The van der Waals surface area contributed by atoms with E-state index in [0.29, 0.717) is 5.33 Å². The Balaban J connectivity index is 3.68. The summed E-state index contributed by atoms with van der Waals surface area (Å²) in [4.78, 5) is 10.9. The van der Waals surface area contributed by atoms with Crippen molar-refractivity contribution in [2.45, 2.75) is 19.8 Å². The van der Waals surface area contributed by atoms with Gasteiger partial charge in [0.25, 0.3) is 0 Å². The number of methoxy groups -OCH3 is 1. The number of alkyl halides is 1. The smallest absolute Gasteiger partial charge is 0.309 e. The monoisotopic (exact) mass is 208 g/mol. The molecule has 60 valence electrons. The van der Waals surface area contributed by atoms with E-state index in [2.05, 4.69) is 27.6 Å². The summed E-state index contributed by atoms with van der Waals surface area (Å²) < 4.78 is 4.59. The fourth-order valence-electron chi connectivity index (χ4n) is 0.773. The summed E-state index contributed by atoms with van der Waals surface area (Å²) in [5, 5.41) is 0.702. The van der Waals surface area contributed by atoms with Crippen LogP contribution >= 0.6 is 15.9 Å². The maximum Gasteiger partial charge on any atom is 0.309 e. The van der Waals surface area contributed by atoms with Crippen LogP contribution in [0.5, 0.6) is 0 Å². The number of ether oxygens (including phenoxy) is 1. The van der Waals surface area contributed by atoms with Crippen molar-refractivity contribution < 1.29 is 9.53 Å². The molecule has 0 rings (SSSR count). The number of rotatable bonds is 4. The van der Waals surface area contributed by atoms with E-state index in [-0.39, 0.29) is 11.9 Å². The van der Waals surface area contributed by atoms with Crippen LogP contribution in [0.1, 0.15) is 19.8 Å². The maximum atomic E-state index is 10.9. The van der Waals surface area contributed by atoms with Crippen LogP contribution in [0.25, 0.3) is 0 Å². The molecule has 0 heterocycles. The fraction of sp³-hybridized carbons (Fsp3) is 0.857. The van der Waals surface area contributed by atoms with Crippen molar-refractivity contribution in [2.24, 2.45) is 5.92 Å². The van der Waals surface area contributed by atoms with E-state index < -0.39 is 0 Å². The summed E-state index contributed by atoms with van der Waals surface area (Å²) in [7, 11) is 1.42. The van der Waals surface area contributed by atoms with E-state index in [0.717, 1.165) is 12.8 Å². The van der Waals surface area contributed by atoms with E-state index in [4.69, 9.17) is 0 Å². The van der Waals surface area contributed by atoms with Crippen molar-refractivity contribution in [1.29, 1.82) is 0 Å². The zero-order valence-electron chi connectivity index (χ0n) is 6.39. The molecule has 3 heteroatoms. The molecule has 0 saturated carbocycles. The minimum absolute atomic E-state index is 0.0370. The van der Waals surface area contributed by atoms with Gasteiger partial charge in [0.05, 0.1) is 13.0 Å². The lowest BCUT2D eigenvalue weighted by atomic mass is 10.1. The van der Waals surface area contributed by atoms with Crippen molar-refractivity contribution in [2.75, 3.05) is 12.4 Å². The van der Waals surface area contributed by atoms with E-state index in [1.807, 2.05) is 0 Å². The van der Waals surface area contributed by atoms with Gasteiger partial charge in [-0.05, 0) is 6.42 Å². The number of halogens is 1. The summed E-state index contributed by atoms with van der Waals surface area (Å²) in [6.07, 6.45) is 1.92. The molecule has 0 N–H and O–H groups in total. The van der Waals surface area contributed by atoms with Crippen LogP contribution in [0, 0.1) is 5.92 Å². The molecule has 2 nitrogen and oxygen atoms in total. The van der Waals surface area contributed by atoms with Crippen LogP contribution in [0.4, 0.5) is 0 Å². The highest BCUT2D eigenvalue weighted by Gasteiger charge is 2.15. The molecule has 0 amide bonds. The Kier molecular flexibility index (Phi) is 5.69. The van der Waals surface area contributed by atoms with Crippen molar-refractivity contribution in [1.82, 2.24) is 0 Å². The molecule has 0 aromatic carbocycles. The van der Waals surface area contributed by atoms with Crippen molar-refractivity contribution in [3.05, 3.63) is 0 Å².